The van der Waals surface area contributed by atoms with E-state index in [0.717, 1.165) is 12.8 Å². The lowest BCUT2D eigenvalue weighted by Crippen LogP contribution is -2.67. The number of carbonyl (C=O) groups excluding carboxylic acids is 1. The van der Waals surface area contributed by atoms with E-state index in [1.165, 1.54) is 0 Å². The molecule has 3 N–H and O–H groups in total. The van der Waals surface area contributed by atoms with E-state index in [-0.39, 0.29) is 23.7 Å². The van der Waals surface area contributed by atoms with Crippen molar-refractivity contribution in [1.82, 2.24) is 5.32 Å². The van der Waals surface area contributed by atoms with Crippen molar-refractivity contribution >= 4 is 5.91 Å². The van der Waals surface area contributed by atoms with Gasteiger partial charge in [-0.1, -0.05) is 20.8 Å². The summed E-state index contributed by atoms with van der Waals surface area (Å²) in [6.45, 7) is 8.39. The van der Waals surface area contributed by atoms with Gasteiger partial charge in [0.05, 0.1) is 6.61 Å². The lowest BCUT2D eigenvalue weighted by atomic mass is 9.58. The Morgan fingerprint density at radius 1 is 1.22 bits per heavy atom. The second-order valence-electron chi connectivity index (χ2n) is 8.76. The van der Waals surface area contributed by atoms with E-state index in [1.54, 1.807) is 13.8 Å². The van der Waals surface area contributed by atoms with Crippen LogP contribution in [0.3, 0.4) is 0 Å². The number of ether oxygens (including phenoxy) is 3. The number of carbonyl (C=O) groups is 1. The number of hydrogen-bond donors (Lipinski definition) is 3. The van der Waals surface area contributed by atoms with Crippen molar-refractivity contribution in [2.24, 2.45) is 23.7 Å². The number of rotatable bonds is 5. The Hall–Kier alpha value is -0.730. The fourth-order valence-electron chi connectivity index (χ4n) is 5.22. The third-order valence-corrected chi connectivity index (χ3v) is 6.81. The number of hydrogen-bond acceptors (Lipinski definition) is 6. The molecule has 0 aromatic carbocycles. The van der Waals surface area contributed by atoms with Crippen molar-refractivity contribution in [3.8, 4) is 0 Å². The molecule has 0 spiro atoms. The van der Waals surface area contributed by atoms with Crippen molar-refractivity contribution in [2.75, 3.05) is 13.2 Å². The minimum Gasteiger partial charge on any atom is -0.384 e. The summed E-state index contributed by atoms with van der Waals surface area (Å²) in [5, 5.41) is 25.1. The van der Waals surface area contributed by atoms with Crippen LogP contribution in [0.2, 0.25) is 0 Å². The molecule has 3 fully saturated rings. The third kappa shape index (κ3) is 4.03. The summed E-state index contributed by atoms with van der Waals surface area (Å²) in [6.07, 6.45) is 2.09. The van der Waals surface area contributed by atoms with Crippen LogP contribution in [0, 0.1) is 23.7 Å². The summed E-state index contributed by atoms with van der Waals surface area (Å²) in [7, 11) is 0. The van der Waals surface area contributed by atoms with Crippen molar-refractivity contribution in [3.63, 3.8) is 0 Å². The van der Waals surface area contributed by atoms with Crippen LogP contribution < -0.4 is 5.32 Å². The molecule has 2 aliphatic heterocycles. The van der Waals surface area contributed by atoms with Gasteiger partial charge >= 0.3 is 0 Å². The number of nitrogens with one attached hydrogen (secondary N) is 1. The van der Waals surface area contributed by atoms with Crippen molar-refractivity contribution in [3.05, 3.63) is 0 Å². The van der Waals surface area contributed by atoms with Gasteiger partial charge in [0.1, 0.15) is 5.60 Å². The van der Waals surface area contributed by atoms with Crippen molar-refractivity contribution in [1.29, 1.82) is 0 Å². The fourth-order valence-corrected chi connectivity index (χ4v) is 5.22. The SMILES string of the molecule is CCC(=O)NCCOC1O[C@@H]2OC(C)(O)CCC3[C@H](C)CCC([C@H]1C)[C@]32O. The van der Waals surface area contributed by atoms with Gasteiger partial charge in [0, 0.05) is 31.2 Å². The highest BCUT2D eigenvalue weighted by Crippen LogP contribution is 2.55. The molecule has 1 saturated carbocycles. The smallest absolute Gasteiger partial charge is 0.219 e. The van der Waals surface area contributed by atoms with Crippen LogP contribution in [-0.4, -0.2) is 53.2 Å². The van der Waals surface area contributed by atoms with Gasteiger partial charge in [-0.15, -0.1) is 0 Å². The fraction of sp³-hybridized carbons (Fsp3) is 0.950. The Morgan fingerprint density at radius 2 is 1.96 bits per heavy atom. The quantitative estimate of drug-likeness (QED) is 0.624. The highest BCUT2D eigenvalue weighted by atomic mass is 16.8. The van der Waals surface area contributed by atoms with Crippen LogP contribution >= 0.6 is 0 Å². The maximum atomic E-state index is 11.7. The molecule has 3 aliphatic rings. The molecule has 1 aliphatic carbocycles. The minimum atomic E-state index is -1.33. The van der Waals surface area contributed by atoms with Crippen LogP contribution in [0.4, 0.5) is 0 Å². The molecule has 3 rings (SSSR count). The van der Waals surface area contributed by atoms with E-state index in [0.29, 0.717) is 38.3 Å². The minimum absolute atomic E-state index is 0.00484. The molecule has 27 heavy (non-hydrogen) atoms. The van der Waals surface area contributed by atoms with Crippen LogP contribution in [-0.2, 0) is 19.0 Å². The molecular formula is C20H35NO6. The zero-order valence-corrected chi connectivity index (χ0v) is 16.9. The molecule has 0 bridgehead atoms. The predicted molar refractivity (Wildman–Crippen MR) is 98.3 cm³/mol. The molecule has 7 nitrogen and oxygen atoms in total. The monoisotopic (exact) mass is 385 g/mol. The second-order valence-corrected chi connectivity index (χ2v) is 8.76. The van der Waals surface area contributed by atoms with Gasteiger partial charge in [-0.25, -0.2) is 0 Å². The van der Waals surface area contributed by atoms with E-state index in [1.807, 2.05) is 6.92 Å². The van der Waals surface area contributed by atoms with Gasteiger partial charge in [-0.2, -0.15) is 0 Å². The van der Waals surface area contributed by atoms with Gasteiger partial charge in [-0.05, 0) is 38.0 Å². The highest BCUT2D eigenvalue weighted by Gasteiger charge is 2.63. The number of aliphatic hydroxyl groups is 2. The van der Waals surface area contributed by atoms with E-state index in [9.17, 15) is 15.0 Å². The summed E-state index contributed by atoms with van der Waals surface area (Å²) >= 11 is 0. The molecule has 156 valence electrons. The molecule has 2 saturated heterocycles. The van der Waals surface area contributed by atoms with Gasteiger partial charge in [0.15, 0.2) is 18.4 Å². The Morgan fingerprint density at radius 3 is 2.67 bits per heavy atom. The van der Waals surface area contributed by atoms with E-state index in [4.69, 9.17) is 14.2 Å². The van der Waals surface area contributed by atoms with Crippen molar-refractivity contribution < 1.29 is 29.2 Å². The molecule has 4 unspecified atom stereocenters. The second kappa shape index (κ2) is 7.95. The van der Waals surface area contributed by atoms with Gasteiger partial charge < -0.3 is 29.7 Å². The first-order valence-corrected chi connectivity index (χ1v) is 10.4. The normalized spacial score (nSPS) is 47.0. The Labute approximate surface area is 161 Å². The topological polar surface area (TPSA) is 97.3 Å². The standard InChI is InChI=1S/C20H35NO6/c1-5-16(22)21-10-11-25-17-13(3)15-7-6-12(2)14-8-9-19(4,23)27-18(26-17)20(14,15)24/h12-15,17-18,23-24H,5-11H2,1-4H3,(H,21,22)/t12-,13-,14?,15?,17?,18-,19?,20-/m1/s1. The molecule has 2 heterocycles. The van der Waals surface area contributed by atoms with E-state index < -0.39 is 24.0 Å². The number of amides is 1. The average Bonchev–Trinajstić information content (AvgIpc) is 2.71. The first-order valence-electron chi connectivity index (χ1n) is 10.4. The maximum absolute atomic E-state index is 11.7. The Balaban J connectivity index is 1.74. The van der Waals surface area contributed by atoms with Crippen molar-refractivity contribution in [2.45, 2.75) is 83.8 Å². The summed E-state index contributed by atoms with van der Waals surface area (Å²) in [4.78, 5) is 11.4. The van der Waals surface area contributed by atoms with Gasteiger partial charge in [0.25, 0.3) is 0 Å². The van der Waals surface area contributed by atoms with Gasteiger partial charge in [0.2, 0.25) is 5.91 Å². The van der Waals surface area contributed by atoms with E-state index in [2.05, 4.69) is 12.2 Å². The highest BCUT2D eigenvalue weighted by molar-refractivity contribution is 5.75. The molecule has 0 radical (unpaired) electrons. The zero-order chi connectivity index (χ0) is 19.8. The molecular weight excluding hydrogens is 350 g/mol. The Kier molecular flexibility index (Phi) is 6.18. The first-order chi connectivity index (χ1) is 12.7. The van der Waals surface area contributed by atoms with Crippen LogP contribution in [0.1, 0.15) is 59.8 Å². The lowest BCUT2D eigenvalue weighted by molar-refractivity contribution is -0.407. The summed E-state index contributed by atoms with van der Waals surface area (Å²) in [5.41, 5.74) is -1.12. The molecule has 7 heteroatoms. The predicted octanol–water partition coefficient (Wildman–Crippen LogP) is 1.76. The Bertz CT molecular complexity index is 541. The average molecular weight is 386 g/mol. The zero-order valence-electron chi connectivity index (χ0n) is 16.9. The lowest BCUT2D eigenvalue weighted by Gasteiger charge is -2.57. The van der Waals surface area contributed by atoms with Crippen LogP contribution in [0.5, 0.6) is 0 Å². The summed E-state index contributed by atoms with van der Waals surface area (Å²) < 4.78 is 17.8. The third-order valence-electron chi connectivity index (χ3n) is 6.81. The summed E-state index contributed by atoms with van der Waals surface area (Å²) in [5.74, 6) is -0.983. The molecule has 0 aromatic heterocycles. The summed E-state index contributed by atoms with van der Waals surface area (Å²) in [6, 6.07) is 0. The first kappa shape index (κ1) is 21.0. The molecule has 8 atom stereocenters. The maximum Gasteiger partial charge on any atom is 0.219 e. The van der Waals surface area contributed by atoms with E-state index >= 15 is 0 Å². The van der Waals surface area contributed by atoms with Crippen LogP contribution in [0.15, 0.2) is 0 Å². The molecule has 0 aromatic rings. The van der Waals surface area contributed by atoms with Crippen LogP contribution in [0.25, 0.3) is 0 Å². The van der Waals surface area contributed by atoms with Gasteiger partial charge in [-0.3, -0.25) is 4.79 Å². The molecule has 1 amide bonds. The largest absolute Gasteiger partial charge is 0.384 e.